The summed E-state index contributed by atoms with van der Waals surface area (Å²) in [7, 11) is 0. The topological polar surface area (TPSA) is 62.0 Å². The molecule has 1 heterocycles. The molecule has 1 aromatic heterocycles. The molecule has 1 saturated carbocycles. The first kappa shape index (κ1) is 11.9. The number of aromatic nitrogens is 1. The molecule has 0 saturated heterocycles. The highest BCUT2D eigenvalue weighted by Crippen LogP contribution is 2.62. The maximum absolute atomic E-state index is 12.0. The van der Waals surface area contributed by atoms with Crippen LogP contribution in [0.25, 0.3) is 0 Å². The molecule has 1 aromatic rings. The number of rotatable bonds is 2. The van der Waals surface area contributed by atoms with E-state index in [4.69, 9.17) is 0 Å². The molecule has 17 heavy (non-hydrogen) atoms. The van der Waals surface area contributed by atoms with Gasteiger partial charge in [0.25, 0.3) is 5.91 Å². The molecular weight excluding hydrogens is 216 g/mol. The van der Waals surface area contributed by atoms with E-state index in [1.165, 1.54) is 18.5 Å². The zero-order valence-electron chi connectivity index (χ0n) is 10.6. The van der Waals surface area contributed by atoms with Gasteiger partial charge in [-0.3, -0.25) is 9.59 Å². The molecule has 1 aliphatic carbocycles. The summed E-state index contributed by atoms with van der Waals surface area (Å²) in [6.45, 7) is 8.47. The molecule has 4 heteroatoms. The number of pyridine rings is 1. The fraction of sp³-hybridized carbons (Fsp3) is 0.538. The highest BCUT2D eigenvalue weighted by molar-refractivity contribution is 5.94. The Morgan fingerprint density at radius 1 is 1.29 bits per heavy atom. The molecule has 1 aliphatic rings. The van der Waals surface area contributed by atoms with Crippen molar-refractivity contribution in [2.45, 2.75) is 33.7 Å². The van der Waals surface area contributed by atoms with Crippen LogP contribution < -0.4 is 10.7 Å². The zero-order valence-corrected chi connectivity index (χ0v) is 10.6. The van der Waals surface area contributed by atoms with E-state index in [2.05, 4.69) is 38.0 Å². The Morgan fingerprint density at radius 2 is 1.88 bits per heavy atom. The third-order valence-corrected chi connectivity index (χ3v) is 4.36. The molecular formula is C13H18N2O2. The molecule has 0 aliphatic heterocycles. The fourth-order valence-electron chi connectivity index (χ4n) is 2.36. The lowest BCUT2D eigenvalue weighted by Gasteiger charge is -2.05. The van der Waals surface area contributed by atoms with E-state index in [1.54, 1.807) is 0 Å². The van der Waals surface area contributed by atoms with Crippen LogP contribution in [0.15, 0.2) is 23.3 Å². The Labute approximate surface area is 100 Å². The molecule has 2 rings (SSSR count). The first-order valence-electron chi connectivity index (χ1n) is 5.76. The second kappa shape index (κ2) is 3.45. The van der Waals surface area contributed by atoms with Gasteiger partial charge in [0.2, 0.25) is 0 Å². The molecule has 4 nitrogen and oxygen atoms in total. The van der Waals surface area contributed by atoms with Gasteiger partial charge in [0.15, 0.2) is 5.43 Å². The Kier molecular flexibility index (Phi) is 2.42. The molecule has 1 amide bonds. The van der Waals surface area contributed by atoms with Crippen molar-refractivity contribution in [3.05, 3.63) is 34.2 Å². The van der Waals surface area contributed by atoms with Crippen LogP contribution in [-0.2, 0) is 0 Å². The monoisotopic (exact) mass is 234 g/mol. The Balaban J connectivity index is 2.16. The molecule has 2 N–H and O–H groups in total. The van der Waals surface area contributed by atoms with Crippen LogP contribution in [0.1, 0.15) is 38.1 Å². The van der Waals surface area contributed by atoms with Gasteiger partial charge in [-0.2, -0.15) is 0 Å². The van der Waals surface area contributed by atoms with E-state index in [0.29, 0.717) is 0 Å². The summed E-state index contributed by atoms with van der Waals surface area (Å²) in [5.74, 6) is -0.296. The third-order valence-electron chi connectivity index (χ3n) is 4.36. The molecule has 92 valence electrons. The van der Waals surface area contributed by atoms with Gasteiger partial charge in [0, 0.05) is 24.5 Å². The summed E-state index contributed by atoms with van der Waals surface area (Å²) in [6, 6.07) is 1.47. The quantitative estimate of drug-likeness (QED) is 0.815. The number of hydrogen-bond donors (Lipinski definition) is 2. The largest absolute Gasteiger partial charge is 0.367 e. The van der Waals surface area contributed by atoms with Crippen LogP contribution in [0.2, 0.25) is 0 Å². The normalized spacial score (nSPS) is 20.9. The van der Waals surface area contributed by atoms with Crippen LogP contribution in [0.4, 0.5) is 0 Å². The van der Waals surface area contributed by atoms with Crippen molar-refractivity contribution in [1.29, 1.82) is 0 Å². The van der Waals surface area contributed by atoms with E-state index >= 15 is 0 Å². The minimum Gasteiger partial charge on any atom is -0.367 e. The van der Waals surface area contributed by atoms with Crippen molar-refractivity contribution in [2.24, 2.45) is 10.8 Å². The van der Waals surface area contributed by atoms with Crippen LogP contribution in [0.5, 0.6) is 0 Å². The molecule has 0 bridgehead atoms. The average molecular weight is 234 g/mol. The lowest BCUT2D eigenvalue weighted by atomic mass is 10.0. The molecule has 0 spiro atoms. The Morgan fingerprint density at radius 3 is 2.35 bits per heavy atom. The van der Waals surface area contributed by atoms with Gasteiger partial charge in [0.1, 0.15) is 5.56 Å². The Bertz CT molecular complexity index is 500. The molecule has 0 atom stereocenters. The summed E-state index contributed by atoms with van der Waals surface area (Å²) in [4.78, 5) is 26.2. The van der Waals surface area contributed by atoms with Gasteiger partial charge in [-0.05, 0) is 10.8 Å². The van der Waals surface area contributed by atoms with E-state index in [0.717, 1.165) is 0 Å². The molecule has 0 aromatic carbocycles. The number of carbonyl (C=O) groups excluding carboxylic acids is 1. The first-order chi connectivity index (χ1) is 7.78. The van der Waals surface area contributed by atoms with Crippen LogP contribution >= 0.6 is 0 Å². The number of aromatic amines is 1. The van der Waals surface area contributed by atoms with Crippen molar-refractivity contribution < 1.29 is 4.79 Å². The predicted octanol–water partition coefficient (Wildman–Crippen LogP) is 1.54. The van der Waals surface area contributed by atoms with Crippen molar-refractivity contribution in [3.63, 3.8) is 0 Å². The number of carbonyl (C=O) groups is 1. The lowest BCUT2D eigenvalue weighted by molar-refractivity contribution is 0.0942. The average Bonchev–Trinajstić information content (AvgIpc) is 2.61. The van der Waals surface area contributed by atoms with E-state index in [-0.39, 0.29) is 33.8 Å². The van der Waals surface area contributed by atoms with Crippen molar-refractivity contribution in [1.82, 2.24) is 10.3 Å². The predicted molar refractivity (Wildman–Crippen MR) is 65.9 cm³/mol. The standard InChI is InChI=1S/C13H18N2O2/c1-12(2)11(13(12,3)4)15-10(17)8-7-14-6-5-9(8)16/h5-7,11H,1-4H3,(H,14,16)(H,15,17). The highest BCUT2D eigenvalue weighted by Gasteiger charge is 2.65. The molecule has 1 fully saturated rings. The number of hydrogen-bond acceptors (Lipinski definition) is 2. The van der Waals surface area contributed by atoms with Gasteiger partial charge in [-0.1, -0.05) is 27.7 Å². The summed E-state index contributed by atoms with van der Waals surface area (Å²) in [5, 5.41) is 2.93. The van der Waals surface area contributed by atoms with Crippen molar-refractivity contribution in [3.8, 4) is 0 Å². The number of H-pyrrole nitrogens is 1. The number of amides is 1. The lowest BCUT2D eigenvalue weighted by Crippen LogP contribution is -2.33. The van der Waals surface area contributed by atoms with Gasteiger partial charge in [-0.15, -0.1) is 0 Å². The second-order valence-corrected chi connectivity index (χ2v) is 5.77. The second-order valence-electron chi connectivity index (χ2n) is 5.77. The minimum absolute atomic E-state index is 0.0736. The summed E-state index contributed by atoms with van der Waals surface area (Å²) < 4.78 is 0. The molecule has 0 radical (unpaired) electrons. The smallest absolute Gasteiger partial charge is 0.256 e. The van der Waals surface area contributed by atoms with Gasteiger partial charge in [-0.25, -0.2) is 0 Å². The minimum atomic E-state index is -0.296. The fourth-order valence-corrected chi connectivity index (χ4v) is 2.36. The SMILES string of the molecule is CC1(C)C(NC(=O)c2c[nH]ccc2=O)C1(C)C. The summed E-state index contributed by atoms with van der Waals surface area (Å²) >= 11 is 0. The van der Waals surface area contributed by atoms with Crippen LogP contribution in [0.3, 0.4) is 0 Å². The maximum atomic E-state index is 12.0. The summed E-state index contributed by atoms with van der Waals surface area (Å²) in [5.41, 5.74) is 0.0671. The van der Waals surface area contributed by atoms with Gasteiger partial charge >= 0.3 is 0 Å². The zero-order chi connectivity index (χ0) is 12.8. The highest BCUT2D eigenvalue weighted by atomic mass is 16.2. The van der Waals surface area contributed by atoms with Crippen LogP contribution in [0, 0.1) is 10.8 Å². The van der Waals surface area contributed by atoms with E-state index in [1.807, 2.05) is 0 Å². The summed E-state index contributed by atoms with van der Waals surface area (Å²) in [6.07, 6.45) is 2.96. The third kappa shape index (κ3) is 1.68. The van der Waals surface area contributed by atoms with Crippen LogP contribution in [-0.4, -0.2) is 16.9 Å². The first-order valence-corrected chi connectivity index (χ1v) is 5.76. The maximum Gasteiger partial charge on any atom is 0.256 e. The Hall–Kier alpha value is -1.58. The number of nitrogens with one attached hydrogen (secondary N) is 2. The van der Waals surface area contributed by atoms with Crippen molar-refractivity contribution in [2.75, 3.05) is 0 Å². The van der Waals surface area contributed by atoms with Crippen molar-refractivity contribution >= 4 is 5.91 Å². The van der Waals surface area contributed by atoms with Gasteiger partial charge in [0.05, 0.1) is 0 Å². The van der Waals surface area contributed by atoms with E-state index in [9.17, 15) is 9.59 Å². The van der Waals surface area contributed by atoms with E-state index < -0.39 is 0 Å². The molecule has 0 unspecified atom stereocenters. The van der Waals surface area contributed by atoms with Gasteiger partial charge < -0.3 is 10.3 Å².